The van der Waals surface area contributed by atoms with E-state index in [1.807, 2.05) is 30.3 Å². The molecule has 4 rings (SSSR count). The number of carbonyl (C=O) groups excluding carboxylic acids is 1. The molecule has 3 heterocycles. The van der Waals surface area contributed by atoms with Crippen LogP contribution in [0, 0.1) is 0 Å². The summed E-state index contributed by atoms with van der Waals surface area (Å²) < 4.78 is 3.87. The van der Waals surface area contributed by atoms with Crippen LogP contribution >= 0.6 is 0 Å². The van der Waals surface area contributed by atoms with Gasteiger partial charge in [-0.3, -0.25) is 4.79 Å². The second kappa shape index (κ2) is 8.11. The van der Waals surface area contributed by atoms with E-state index >= 15 is 0 Å². The smallest absolute Gasteiger partial charge is 0.273 e. The van der Waals surface area contributed by atoms with Gasteiger partial charge in [0.15, 0.2) is 5.69 Å². The third kappa shape index (κ3) is 4.21. The van der Waals surface area contributed by atoms with Gasteiger partial charge in [-0.1, -0.05) is 42.0 Å². The Kier molecular flexibility index (Phi) is 5.22. The molecule has 0 saturated heterocycles. The summed E-state index contributed by atoms with van der Waals surface area (Å²) in [6.07, 6.45) is 6.90. The Labute approximate surface area is 157 Å². The van der Waals surface area contributed by atoms with Crippen molar-refractivity contribution in [2.45, 2.75) is 45.2 Å². The van der Waals surface area contributed by atoms with Crippen LogP contribution in [0.5, 0.6) is 0 Å². The number of rotatable bonds is 6. The molecule has 140 valence electrons. The van der Waals surface area contributed by atoms with Crippen LogP contribution in [0.1, 0.15) is 47.0 Å². The maximum atomic E-state index is 12.3. The van der Waals surface area contributed by atoms with Gasteiger partial charge in [0.25, 0.3) is 5.91 Å². The van der Waals surface area contributed by atoms with Crippen molar-refractivity contribution in [1.29, 1.82) is 0 Å². The third-order valence-electron chi connectivity index (χ3n) is 4.78. The van der Waals surface area contributed by atoms with E-state index in [9.17, 15) is 4.79 Å². The van der Waals surface area contributed by atoms with E-state index in [0.29, 0.717) is 25.2 Å². The van der Waals surface area contributed by atoms with Crippen LogP contribution in [-0.2, 0) is 25.9 Å². The molecular formula is C19H23N7O. The summed E-state index contributed by atoms with van der Waals surface area (Å²) in [6.45, 7) is 2.06. The topological polar surface area (TPSA) is 90.5 Å². The van der Waals surface area contributed by atoms with Crippen LogP contribution in [0.2, 0.25) is 0 Å². The maximum absolute atomic E-state index is 12.3. The molecule has 0 fully saturated rings. The van der Waals surface area contributed by atoms with Gasteiger partial charge in [-0.15, -0.1) is 15.3 Å². The number of benzene rings is 1. The first-order valence-corrected chi connectivity index (χ1v) is 9.43. The molecule has 1 amide bonds. The average Bonchev–Trinajstić information content (AvgIpc) is 3.23. The summed E-state index contributed by atoms with van der Waals surface area (Å²) in [7, 11) is 0. The van der Waals surface area contributed by atoms with Gasteiger partial charge in [0.2, 0.25) is 0 Å². The van der Waals surface area contributed by atoms with Gasteiger partial charge in [-0.05, 0) is 18.4 Å². The lowest BCUT2D eigenvalue weighted by Gasteiger charge is -2.07. The summed E-state index contributed by atoms with van der Waals surface area (Å²) >= 11 is 0. The van der Waals surface area contributed by atoms with E-state index in [1.54, 1.807) is 10.9 Å². The Bertz CT molecular complexity index is 900. The Balaban J connectivity index is 1.31. The van der Waals surface area contributed by atoms with Crippen molar-refractivity contribution in [2.75, 3.05) is 6.54 Å². The van der Waals surface area contributed by atoms with Gasteiger partial charge in [0.05, 0.1) is 12.7 Å². The first-order chi connectivity index (χ1) is 13.3. The third-order valence-corrected chi connectivity index (χ3v) is 4.78. The van der Waals surface area contributed by atoms with Crippen LogP contribution < -0.4 is 5.32 Å². The molecule has 27 heavy (non-hydrogen) atoms. The number of aromatic nitrogens is 6. The number of carbonyl (C=O) groups is 1. The standard InChI is InChI=1S/C19H23N7O/c27-19(16-14-25(24-21-16)13-15-7-3-1-4-8-15)20-11-10-18-23-22-17-9-5-2-6-12-26(17)18/h1,3-4,7-8,14H,2,5-6,9-13H2,(H,20,27). The number of hydrogen-bond acceptors (Lipinski definition) is 5. The van der Waals surface area contributed by atoms with Gasteiger partial charge in [-0.2, -0.15) is 0 Å². The van der Waals surface area contributed by atoms with Gasteiger partial charge in [-0.25, -0.2) is 4.68 Å². The molecule has 1 aliphatic rings. The van der Waals surface area contributed by atoms with Gasteiger partial charge >= 0.3 is 0 Å². The van der Waals surface area contributed by atoms with E-state index < -0.39 is 0 Å². The molecular weight excluding hydrogens is 342 g/mol. The average molecular weight is 365 g/mol. The highest BCUT2D eigenvalue weighted by Crippen LogP contribution is 2.14. The van der Waals surface area contributed by atoms with Crippen LogP contribution in [0.25, 0.3) is 0 Å². The molecule has 0 saturated carbocycles. The van der Waals surface area contributed by atoms with Crippen molar-refractivity contribution >= 4 is 5.91 Å². The minimum Gasteiger partial charge on any atom is -0.350 e. The summed E-state index contributed by atoms with van der Waals surface area (Å²) in [5.74, 6) is 1.79. The van der Waals surface area contributed by atoms with E-state index in [4.69, 9.17) is 0 Å². The lowest BCUT2D eigenvalue weighted by Crippen LogP contribution is -2.27. The van der Waals surface area contributed by atoms with Crippen molar-refractivity contribution < 1.29 is 4.79 Å². The number of hydrogen-bond donors (Lipinski definition) is 1. The Morgan fingerprint density at radius 3 is 2.85 bits per heavy atom. The summed E-state index contributed by atoms with van der Waals surface area (Å²) in [4.78, 5) is 12.3. The Hall–Kier alpha value is -3.03. The summed E-state index contributed by atoms with van der Waals surface area (Å²) in [5, 5.41) is 19.5. The fraction of sp³-hybridized carbons (Fsp3) is 0.421. The van der Waals surface area contributed by atoms with E-state index in [2.05, 4.69) is 30.4 Å². The zero-order valence-corrected chi connectivity index (χ0v) is 15.2. The fourth-order valence-corrected chi connectivity index (χ4v) is 3.36. The molecule has 1 aliphatic heterocycles. The van der Waals surface area contributed by atoms with E-state index in [1.165, 1.54) is 12.8 Å². The van der Waals surface area contributed by atoms with Crippen LogP contribution in [0.15, 0.2) is 36.5 Å². The molecule has 0 aliphatic carbocycles. The summed E-state index contributed by atoms with van der Waals surface area (Å²) in [6, 6.07) is 9.96. The highest BCUT2D eigenvalue weighted by molar-refractivity contribution is 5.91. The quantitative estimate of drug-likeness (QED) is 0.717. The molecule has 0 radical (unpaired) electrons. The van der Waals surface area contributed by atoms with Gasteiger partial charge in [0.1, 0.15) is 11.6 Å². The largest absolute Gasteiger partial charge is 0.350 e. The molecule has 0 atom stereocenters. The second-order valence-corrected chi connectivity index (χ2v) is 6.79. The van der Waals surface area contributed by atoms with Crippen molar-refractivity contribution in [3.8, 4) is 0 Å². The predicted molar refractivity (Wildman–Crippen MR) is 99.2 cm³/mol. The Morgan fingerprint density at radius 2 is 1.96 bits per heavy atom. The lowest BCUT2D eigenvalue weighted by molar-refractivity contribution is 0.0949. The van der Waals surface area contributed by atoms with Crippen molar-refractivity contribution in [1.82, 2.24) is 35.1 Å². The number of nitrogens with one attached hydrogen (secondary N) is 1. The lowest BCUT2D eigenvalue weighted by atomic mass is 10.2. The van der Waals surface area contributed by atoms with Crippen molar-refractivity contribution in [2.24, 2.45) is 0 Å². The molecule has 0 bridgehead atoms. The number of amides is 1. The highest BCUT2D eigenvalue weighted by atomic mass is 16.2. The number of aryl methyl sites for hydroxylation is 1. The molecule has 8 heteroatoms. The monoisotopic (exact) mass is 365 g/mol. The zero-order chi connectivity index (χ0) is 18.5. The first kappa shape index (κ1) is 17.4. The predicted octanol–water partition coefficient (Wildman–Crippen LogP) is 1.62. The fourth-order valence-electron chi connectivity index (χ4n) is 3.36. The normalized spacial score (nSPS) is 13.8. The van der Waals surface area contributed by atoms with Crippen molar-refractivity contribution in [3.63, 3.8) is 0 Å². The molecule has 1 aromatic carbocycles. The molecule has 3 aromatic rings. The number of nitrogens with zero attached hydrogens (tertiary/aromatic N) is 6. The zero-order valence-electron chi connectivity index (χ0n) is 15.2. The van der Waals surface area contributed by atoms with Crippen molar-refractivity contribution in [3.05, 3.63) is 59.4 Å². The summed E-state index contributed by atoms with van der Waals surface area (Å²) in [5.41, 5.74) is 1.44. The minimum absolute atomic E-state index is 0.218. The molecule has 0 unspecified atom stereocenters. The first-order valence-electron chi connectivity index (χ1n) is 9.43. The van der Waals surface area contributed by atoms with Gasteiger partial charge in [0, 0.05) is 25.9 Å². The van der Waals surface area contributed by atoms with E-state index in [0.717, 1.165) is 36.6 Å². The Morgan fingerprint density at radius 1 is 1.07 bits per heavy atom. The molecule has 0 spiro atoms. The van der Waals surface area contributed by atoms with Crippen LogP contribution in [0.4, 0.5) is 0 Å². The highest BCUT2D eigenvalue weighted by Gasteiger charge is 2.15. The van der Waals surface area contributed by atoms with Crippen LogP contribution in [0.3, 0.4) is 0 Å². The maximum Gasteiger partial charge on any atom is 0.273 e. The molecule has 1 N–H and O–H groups in total. The molecule has 2 aromatic heterocycles. The van der Waals surface area contributed by atoms with Gasteiger partial charge < -0.3 is 9.88 Å². The van der Waals surface area contributed by atoms with E-state index in [-0.39, 0.29) is 5.91 Å². The number of fused-ring (bicyclic) bond motifs is 1. The molecule has 8 nitrogen and oxygen atoms in total. The SMILES string of the molecule is O=C(NCCc1nnc2n1CCCCC2)c1cn(Cc2ccccc2)nn1. The second-order valence-electron chi connectivity index (χ2n) is 6.79. The minimum atomic E-state index is -0.218. The van der Waals surface area contributed by atoms with Crippen LogP contribution in [-0.4, -0.2) is 42.2 Å².